The number of carbonyl (C=O) groups is 5. The number of hydrogen-bond donors (Lipinski definition) is 1. The van der Waals surface area contributed by atoms with Gasteiger partial charge < -0.3 is 9.64 Å². The van der Waals surface area contributed by atoms with Crippen molar-refractivity contribution >= 4 is 29.5 Å². The van der Waals surface area contributed by atoms with E-state index >= 15 is 0 Å². The van der Waals surface area contributed by atoms with E-state index in [2.05, 4.69) is 32.0 Å². The smallest absolute Gasteiger partial charge is 0.405 e. The Bertz CT molecular complexity index is 1900. The predicted octanol–water partition coefficient (Wildman–Crippen LogP) is 4.32. The number of amides is 5. The molecular formula is C38H38F3N5O6. The molecule has 0 saturated carbocycles. The number of ether oxygens (including phenoxy) is 1. The lowest BCUT2D eigenvalue weighted by Crippen LogP contribution is -2.54. The number of para-hydroxylation sites is 1. The zero-order valence-corrected chi connectivity index (χ0v) is 28.4. The molecule has 3 fully saturated rings. The monoisotopic (exact) mass is 717 g/mol. The molecule has 4 heterocycles. The first-order valence-corrected chi connectivity index (χ1v) is 17.5. The van der Waals surface area contributed by atoms with Crippen molar-refractivity contribution in [2.45, 2.75) is 44.6 Å². The Kier molecular flexibility index (Phi) is 9.86. The molecule has 3 saturated heterocycles. The second-order valence-electron chi connectivity index (χ2n) is 13.8. The van der Waals surface area contributed by atoms with Gasteiger partial charge in [0, 0.05) is 45.7 Å². The van der Waals surface area contributed by atoms with Crippen molar-refractivity contribution in [1.82, 2.24) is 24.9 Å². The Morgan fingerprint density at radius 3 is 2.21 bits per heavy atom. The van der Waals surface area contributed by atoms with Gasteiger partial charge in [-0.25, -0.2) is 0 Å². The molecule has 3 aromatic carbocycles. The van der Waals surface area contributed by atoms with Gasteiger partial charge in [0.25, 0.3) is 17.7 Å². The maximum absolute atomic E-state index is 13.3. The molecule has 5 amide bonds. The first-order valence-electron chi connectivity index (χ1n) is 17.5. The number of hydrogen-bond acceptors (Lipinski definition) is 8. The molecule has 4 aliphatic rings. The minimum absolute atomic E-state index is 0.0638. The molecule has 272 valence electrons. The van der Waals surface area contributed by atoms with Gasteiger partial charge in [-0.15, -0.1) is 13.2 Å². The fourth-order valence-electron chi connectivity index (χ4n) is 7.61. The molecule has 7 rings (SSSR count). The van der Waals surface area contributed by atoms with Crippen molar-refractivity contribution in [3.63, 3.8) is 0 Å². The second-order valence-corrected chi connectivity index (χ2v) is 13.8. The molecule has 0 radical (unpaired) electrons. The van der Waals surface area contributed by atoms with Crippen LogP contribution in [0.15, 0.2) is 66.7 Å². The number of nitrogens with one attached hydrogen (secondary N) is 1. The van der Waals surface area contributed by atoms with Crippen LogP contribution in [0.1, 0.15) is 62.3 Å². The average molecular weight is 718 g/mol. The van der Waals surface area contributed by atoms with E-state index in [4.69, 9.17) is 0 Å². The zero-order chi connectivity index (χ0) is 36.6. The van der Waals surface area contributed by atoms with Gasteiger partial charge in [-0.05, 0) is 85.3 Å². The lowest BCUT2D eigenvalue weighted by atomic mass is 9.95. The largest absolute Gasteiger partial charge is 0.573 e. The molecule has 11 nitrogen and oxygen atoms in total. The van der Waals surface area contributed by atoms with Gasteiger partial charge in [0.15, 0.2) is 0 Å². The first-order chi connectivity index (χ1) is 24.9. The Hall–Kier alpha value is -5.08. The molecule has 0 aromatic heterocycles. The number of rotatable bonds is 8. The van der Waals surface area contributed by atoms with Crippen LogP contribution in [-0.4, -0.2) is 107 Å². The van der Waals surface area contributed by atoms with Gasteiger partial charge in [0.05, 0.1) is 16.7 Å². The van der Waals surface area contributed by atoms with Crippen LogP contribution in [0.2, 0.25) is 0 Å². The quantitative estimate of drug-likeness (QED) is 0.343. The molecule has 52 heavy (non-hydrogen) atoms. The van der Waals surface area contributed by atoms with Gasteiger partial charge in [0.1, 0.15) is 11.8 Å². The van der Waals surface area contributed by atoms with Crippen molar-refractivity contribution in [3.05, 3.63) is 89.0 Å². The van der Waals surface area contributed by atoms with Gasteiger partial charge in [-0.1, -0.05) is 36.4 Å². The summed E-state index contributed by atoms with van der Waals surface area (Å²) in [6, 6.07) is 17.6. The van der Waals surface area contributed by atoms with Crippen LogP contribution >= 0.6 is 0 Å². The van der Waals surface area contributed by atoms with E-state index < -0.39 is 47.7 Å². The topological polar surface area (TPSA) is 120 Å². The highest BCUT2D eigenvalue weighted by molar-refractivity contribution is 6.23. The number of alkyl halides is 3. The van der Waals surface area contributed by atoms with E-state index in [9.17, 15) is 37.1 Å². The second kappa shape index (κ2) is 14.5. The first kappa shape index (κ1) is 35.3. The molecule has 1 unspecified atom stereocenters. The van der Waals surface area contributed by atoms with Crippen LogP contribution in [-0.2, 0) is 16.1 Å². The highest BCUT2D eigenvalue weighted by Crippen LogP contribution is 2.32. The molecule has 3 aromatic rings. The number of benzene rings is 3. The molecule has 0 aliphatic carbocycles. The standard InChI is InChI=1S/C38H38F3N5O6/c39-38(40,41)52-32-7-2-1-6-29(32)35(49)45-18-16-44(17-19-45)22-24-12-14-43(15-13-24)23-25-4-3-5-26(20-25)27-8-9-28-30(21-27)37(51)46(36(28)50)31-10-11-33(47)42-34(31)48/h1-9,20-21,24,31H,10-19,22-23H2,(H,42,47,48). The van der Waals surface area contributed by atoms with E-state index in [0.29, 0.717) is 32.1 Å². The van der Waals surface area contributed by atoms with E-state index in [0.717, 1.165) is 66.7 Å². The normalized spacial score (nSPS) is 20.6. The third-order valence-corrected chi connectivity index (χ3v) is 10.3. The van der Waals surface area contributed by atoms with Crippen LogP contribution < -0.4 is 10.1 Å². The summed E-state index contributed by atoms with van der Waals surface area (Å²) in [6.07, 6.45) is -2.67. The van der Waals surface area contributed by atoms with Crippen molar-refractivity contribution in [2.24, 2.45) is 5.92 Å². The van der Waals surface area contributed by atoms with E-state index in [1.807, 2.05) is 12.1 Å². The zero-order valence-electron chi connectivity index (χ0n) is 28.4. The lowest BCUT2D eigenvalue weighted by molar-refractivity contribution is -0.274. The summed E-state index contributed by atoms with van der Waals surface area (Å²) < 4.78 is 42.6. The van der Waals surface area contributed by atoms with E-state index in [1.165, 1.54) is 18.2 Å². The number of nitrogens with zero attached hydrogens (tertiary/aromatic N) is 4. The van der Waals surface area contributed by atoms with Gasteiger partial charge in [-0.2, -0.15) is 0 Å². The third kappa shape index (κ3) is 7.58. The fourth-order valence-corrected chi connectivity index (χ4v) is 7.61. The molecule has 0 bridgehead atoms. The predicted molar refractivity (Wildman–Crippen MR) is 182 cm³/mol. The summed E-state index contributed by atoms with van der Waals surface area (Å²) in [5, 5.41) is 2.22. The number of fused-ring (bicyclic) bond motifs is 1. The average Bonchev–Trinajstić information content (AvgIpc) is 3.37. The number of piperazine rings is 1. The Labute approximate surface area is 298 Å². The Morgan fingerprint density at radius 1 is 0.769 bits per heavy atom. The number of carbonyl (C=O) groups excluding carboxylic acids is 5. The van der Waals surface area contributed by atoms with Crippen molar-refractivity contribution < 1.29 is 41.9 Å². The van der Waals surface area contributed by atoms with Crippen LogP contribution in [0.4, 0.5) is 13.2 Å². The maximum atomic E-state index is 13.3. The number of halogens is 3. The fraction of sp³-hybridized carbons (Fsp3) is 0.395. The summed E-state index contributed by atoms with van der Waals surface area (Å²) in [6.45, 7) is 5.68. The minimum Gasteiger partial charge on any atom is -0.405 e. The molecule has 14 heteroatoms. The summed E-state index contributed by atoms with van der Waals surface area (Å²) >= 11 is 0. The van der Waals surface area contributed by atoms with Crippen LogP contribution in [0.25, 0.3) is 11.1 Å². The minimum atomic E-state index is -4.88. The SMILES string of the molecule is O=C1CCC(N2C(=O)c3ccc(-c4cccc(CN5CCC(CN6CCN(C(=O)c7ccccc7OC(F)(F)F)CC6)CC5)c4)cc3C2=O)C(=O)N1. The lowest BCUT2D eigenvalue weighted by Gasteiger charge is -2.39. The van der Waals surface area contributed by atoms with E-state index in [1.54, 1.807) is 23.1 Å². The van der Waals surface area contributed by atoms with Gasteiger partial charge in [0.2, 0.25) is 11.8 Å². The molecule has 1 atom stereocenters. The molecule has 1 N–H and O–H groups in total. The molecule has 4 aliphatic heterocycles. The van der Waals surface area contributed by atoms with E-state index in [-0.39, 0.29) is 29.5 Å². The highest BCUT2D eigenvalue weighted by Gasteiger charge is 2.44. The number of piperidine rings is 2. The Morgan fingerprint density at radius 2 is 1.48 bits per heavy atom. The summed E-state index contributed by atoms with van der Waals surface area (Å²) in [4.78, 5) is 70.8. The van der Waals surface area contributed by atoms with Crippen LogP contribution in [0.3, 0.4) is 0 Å². The molecular weight excluding hydrogens is 679 g/mol. The number of likely N-dealkylation sites (tertiary alicyclic amines) is 1. The van der Waals surface area contributed by atoms with Crippen molar-refractivity contribution in [3.8, 4) is 16.9 Å². The Balaban J connectivity index is 0.899. The van der Waals surface area contributed by atoms with Crippen molar-refractivity contribution in [1.29, 1.82) is 0 Å². The molecule has 0 spiro atoms. The van der Waals surface area contributed by atoms with Crippen molar-refractivity contribution in [2.75, 3.05) is 45.8 Å². The van der Waals surface area contributed by atoms with Gasteiger partial charge >= 0.3 is 6.36 Å². The van der Waals surface area contributed by atoms with Crippen LogP contribution in [0, 0.1) is 5.92 Å². The summed E-state index contributed by atoms with van der Waals surface area (Å²) in [5.41, 5.74) is 3.20. The summed E-state index contributed by atoms with van der Waals surface area (Å²) in [7, 11) is 0. The highest BCUT2D eigenvalue weighted by atomic mass is 19.4. The third-order valence-electron chi connectivity index (χ3n) is 10.3. The maximum Gasteiger partial charge on any atom is 0.573 e. The number of imide groups is 2. The summed E-state index contributed by atoms with van der Waals surface area (Å²) in [5.74, 6) is -2.58. The van der Waals surface area contributed by atoms with Gasteiger partial charge in [-0.3, -0.25) is 44.0 Å². The van der Waals surface area contributed by atoms with Crippen LogP contribution in [0.5, 0.6) is 5.75 Å².